The van der Waals surface area contributed by atoms with E-state index in [0.29, 0.717) is 5.56 Å². The number of carboxylic acids is 1. The fourth-order valence-corrected chi connectivity index (χ4v) is 1.91. The minimum absolute atomic E-state index is 0.388. The van der Waals surface area contributed by atoms with Gasteiger partial charge in [-0.1, -0.05) is 12.1 Å². The van der Waals surface area contributed by atoms with Crippen LogP contribution in [-0.4, -0.2) is 28.7 Å². The van der Waals surface area contributed by atoms with Crippen LogP contribution in [0.5, 0.6) is 0 Å². The van der Waals surface area contributed by atoms with Gasteiger partial charge in [-0.3, -0.25) is 9.59 Å². The van der Waals surface area contributed by atoms with Crippen LogP contribution in [0.2, 0.25) is 0 Å². The molecular weight excluding hydrogens is 277 g/mol. The molecule has 21 heavy (non-hydrogen) atoms. The molecule has 0 aliphatic heterocycles. The molecule has 0 saturated carbocycles. The minimum atomic E-state index is -1.11. The number of hydrogen-bond donors (Lipinski definition) is 2. The van der Waals surface area contributed by atoms with Crippen molar-refractivity contribution in [2.24, 2.45) is 5.73 Å². The maximum absolute atomic E-state index is 13.0. The molecule has 0 unspecified atom stereocenters. The van der Waals surface area contributed by atoms with Crippen molar-refractivity contribution in [3.05, 3.63) is 35.6 Å². The van der Waals surface area contributed by atoms with Gasteiger partial charge in [-0.25, -0.2) is 4.39 Å². The number of esters is 1. The SMILES string of the molecule is CC(C)(C)OC(=O)[C@H](c1ccc(F)cc1)[C@H](N)CC(=O)O. The highest BCUT2D eigenvalue weighted by Crippen LogP contribution is 2.25. The number of halogens is 1. The van der Waals surface area contributed by atoms with Crippen molar-refractivity contribution in [1.82, 2.24) is 0 Å². The molecule has 2 atom stereocenters. The molecule has 1 aromatic rings. The van der Waals surface area contributed by atoms with Crippen molar-refractivity contribution in [2.45, 2.75) is 44.8 Å². The van der Waals surface area contributed by atoms with Gasteiger partial charge in [0.15, 0.2) is 0 Å². The number of carboxylic acid groups (broad SMARTS) is 1. The molecule has 0 aliphatic rings. The summed E-state index contributed by atoms with van der Waals surface area (Å²) in [4.78, 5) is 23.1. The van der Waals surface area contributed by atoms with Gasteiger partial charge < -0.3 is 15.6 Å². The summed E-state index contributed by atoms with van der Waals surface area (Å²) in [5, 5.41) is 8.85. The van der Waals surface area contributed by atoms with Crippen molar-refractivity contribution in [3.8, 4) is 0 Å². The van der Waals surface area contributed by atoms with Crippen LogP contribution in [0, 0.1) is 5.82 Å². The molecule has 5 nitrogen and oxygen atoms in total. The third-order valence-corrected chi connectivity index (χ3v) is 2.73. The van der Waals surface area contributed by atoms with Crippen LogP contribution in [0.15, 0.2) is 24.3 Å². The number of carbonyl (C=O) groups excluding carboxylic acids is 1. The first-order valence-corrected chi connectivity index (χ1v) is 6.56. The smallest absolute Gasteiger partial charge is 0.315 e. The lowest BCUT2D eigenvalue weighted by Gasteiger charge is -2.27. The van der Waals surface area contributed by atoms with Crippen LogP contribution in [0.3, 0.4) is 0 Å². The predicted octanol–water partition coefficient (Wildman–Crippen LogP) is 2.05. The van der Waals surface area contributed by atoms with Crippen molar-refractivity contribution in [1.29, 1.82) is 0 Å². The van der Waals surface area contributed by atoms with Crippen LogP contribution in [0.25, 0.3) is 0 Å². The molecule has 0 aromatic heterocycles. The van der Waals surface area contributed by atoms with Crippen LogP contribution >= 0.6 is 0 Å². The van der Waals surface area contributed by atoms with Gasteiger partial charge in [0, 0.05) is 6.04 Å². The first kappa shape index (κ1) is 17.1. The average Bonchev–Trinajstić information content (AvgIpc) is 2.28. The summed E-state index contributed by atoms with van der Waals surface area (Å²) in [7, 11) is 0. The van der Waals surface area contributed by atoms with Gasteiger partial charge in [0.2, 0.25) is 0 Å². The van der Waals surface area contributed by atoms with E-state index in [0.717, 1.165) is 0 Å². The van der Waals surface area contributed by atoms with E-state index in [1.807, 2.05) is 0 Å². The fraction of sp³-hybridized carbons (Fsp3) is 0.467. The van der Waals surface area contributed by atoms with Crippen molar-refractivity contribution in [2.75, 3.05) is 0 Å². The van der Waals surface area contributed by atoms with Crippen molar-refractivity contribution >= 4 is 11.9 Å². The maximum Gasteiger partial charge on any atom is 0.315 e. The largest absolute Gasteiger partial charge is 0.481 e. The topological polar surface area (TPSA) is 89.6 Å². The van der Waals surface area contributed by atoms with E-state index in [2.05, 4.69) is 0 Å². The summed E-state index contributed by atoms with van der Waals surface area (Å²) in [6, 6.07) is 4.25. The van der Waals surface area contributed by atoms with Gasteiger partial charge in [-0.2, -0.15) is 0 Å². The Morgan fingerprint density at radius 1 is 1.29 bits per heavy atom. The maximum atomic E-state index is 13.0. The van der Waals surface area contributed by atoms with Crippen LogP contribution < -0.4 is 5.73 Å². The highest BCUT2D eigenvalue weighted by molar-refractivity contribution is 5.81. The lowest BCUT2D eigenvalue weighted by atomic mass is 9.90. The Labute approximate surface area is 122 Å². The van der Waals surface area contributed by atoms with Crippen molar-refractivity contribution < 1.29 is 23.8 Å². The van der Waals surface area contributed by atoms with Crippen LogP contribution in [0.4, 0.5) is 4.39 Å². The fourth-order valence-electron chi connectivity index (χ4n) is 1.91. The standard InChI is InChI=1S/C15H20FNO4/c1-15(2,3)21-14(20)13(11(17)8-12(18)19)9-4-6-10(16)7-5-9/h4-7,11,13H,8,17H2,1-3H3,(H,18,19)/t11-,13-/m1/s1. The van der Waals surface area contributed by atoms with Gasteiger partial charge >= 0.3 is 11.9 Å². The summed E-state index contributed by atoms with van der Waals surface area (Å²) >= 11 is 0. The molecule has 0 heterocycles. The summed E-state index contributed by atoms with van der Waals surface area (Å²) < 4.78 is 18.3. The molecule has 0 saturated heterocycles. The number of aliphatic carboxylic acids is 1. The number of rotatable bonds is 5. The molecule has 116 valence electrons. The van der Waals surface area contributed by atoms with Gasteiger partial charge in [-0.05, 0) is 38.5 Å². The van der Waals surface area contributed by atoms with E-state index in [1.165, 1.54) is 24.3 Å². The van der Waals surface area contributed by atoms with E-state index < -0.39 is 35.3 Å². The van der Waals surface area contributed by atoms with Gasteiger partial charge in [-0.15, -0.1) is 0 Å². The zero-order chi connectivity index (χ0) is 16.2. The first-order chi connectivity index (χ1) is 9.60. The quantitative estimate of drug-likeness (QED) is 0.812. The molecule has 0 fully saturated rings. The van der Waals surface area contributed by atoms with E-state index >= 15 is 0 Å². The third kappa shape index (κ3) is 5.51. The van der Waals surface area contributed by atoms with Gasteiger partial charge in [0.25, 0.3) is 0 Å². The van der Waals surface area contributed by atoms with E-state index in [1.54, 1.807) is 20.8 Å². The lowest BCUT2D eigenvalue weighted by molar-refractivity contribution is -0.157. The summed E-state index contributed by atoms with van der Waals surface area (Å²) in [6.07, 6.45) is -0.388. The highest BCUT2D eigenvalue weighted by atomic mass is 19.1. The zero-order valence-corrected chi connectivity index (χ0v) is 12.3. The number of nitrogens with two attached hydrogens (primary N) is 1. The van der Waals surface area contributed by atoms with Crippen LogP contribution in [-0.2, 0) is 14.3 Å². The number of hydrogen-bond acceptors (Lipinski definition) is 4. The predicted molar refractivity (Wildman–Crippen MR) is 75.2 cm³/mol. The second-order valence-corrected chi connectivity index (χ2v) is 5.82. The zero-order valence-electron chi connectivity index (χ0n) is 12.3. The molecule has 3 N–H and O–H groups in total. The van der Waals surface area contributed by atoms with Gasteiger partial charge in [0.1, 0.15) is 11.4 Å². The molecular formula is C15H20FNO4. The molecule has 0 bridgehead atoms. The second-order valence-electron chi connectivity index (χ2n) is 5.82. The number of benzene rings is 1. The van der Waals surface area contributed by atoms with Crippen LogP contribution in [0.1, 0.15) is 38.7 Å². The Morgan fingerprint density at radius 3 is 2.24 bits per heavy atom. The Bertz CT molecular complexity index is 507. The normalized spacial score (nSPS) is 14.3. The lowest BCUT2D eigenvalue weighted by Crippen LogP contribution is -2.39. The molecule has 1 aromatic carbocycles. The van der Waals surface area contributed by atoms with E-state index in [4.69, 9.17) is 15.6 Å². The van der Waals surface area contributed by atoms with Gasteiger partial charge in [0.05, 0.1) is 12.3 Å². The summed E-state index contributed by atoms with van der Waals surface area (Å²) in [5.41, 5.74) is 5.54. The third-order valence-electron chi connectivity index (χ3n) is 2.73. The molecule has 0 spiro atoms. The van der Waals surface area contributed by atoms with E-state index in [-0.39, 0.29) is 6.42 Å². The van der Waals surface area contributed by atoms with Crippen molar-refractivity contribution in [3.63, 3.8) is 0 Å². The summed E-state index contributed by atoms with van der Waals surface area (Å²) in [6.45, 7) is 5.11. The Kier molecular flexibility index (Phi) is 5.43. The Balaban J connectivity index is 3.07. The number of ether oxygens (including phenoxy) is 1. The second kappa shape index (κ2) is 6.67. The van der Waals surface area contributed by atoms with E-state index in [9.17, 15) is 14.0 Å². The summed E-state index contributed by atoms with van der Waals surface area (Å²) in [5.74, 6) is -3.14. The molecule has 0 amide bonds. The highest BCUT2D eigenvalue weighted by Gasteiger charge is 2.32. The Morgan fingerprint density at radius 2 is 1.81 bits per heavy atom. The Hall–Kier alpha value is -1.95. The minimum Gasteiger partial charge on any atom is -0.481 e. The number of carbonyl (C=O) groups is 2. The molecule has 1 rings (SSSR count). The monoisotopic (exact) mass is 297 g/mol. The molecule has 0 radical (unpaired) electrons. The first-order valence-electron chi connectivity index (χ1n) is 6.56. The molecule has 6 heteroatoms. The average molecular weight is 297 g/mol. The molecule has 0 aliphatic carbocycles.